The molecule has 2 aromatic carbocycles. The zero-order valence-electron chi connectivity index (χ0n) is 9.35. The molecule has 2 rings (SSSR count). The lowest BCUT2D eigenvalue weighted by atomic mass is 10.1. The second kappa shape index (κ2) is 4.67. The van der Waals surface area contributed by atoms with Crippen molar-refractivity contribution >= 4 is 17.8 Å². The Balaban J connectivity index is 2.24. The van der Waals surface area contributed by atoms with Crippen molar-refractivity contribution in [2.75, 3.05) is 5.73 Å². The third-order valence-corrected chi connectivity index (χ3v) is 2.55. The van der Waals surface area contributed by atoms with Crippen LogP contribution in [0, 0.1) is 6.92 Å². The Hall–Kier alpha value is -2.02. The fourth-order valence-corrected chi connectivity index (χ4v) is 1.64. The van der Waals surface area contributed by atoms with Gasteiger partial charge in [-0.15, -0.1) is 0 Å². The van der Waals surface area contributed by atoms with Crippen LogP contribution in [-0.2, 0) is 0 Å². The molecule has 0 radical (unpaired) electrons. The van der Waals surface area contributed by atoms with Gasteiger partial charge in [0.05, 0.1) is 0 Å². The molecule has 0 atom stereocenters. The van der Waals surface area contributed by atoms with Crippen LogP contribution < -0.4 is 5.73 Å². The average molecular weight is 209 g/mol. The van der Waals surface area contributed by atoms with Crippen molar-refractivity contribution in [3.63, 3.8) is 0 Å². The minimum atomic E-state index is 0.814. The van der Waals surface area contributed by atoms with Crippen LogP contribution in [0.4, 0.5) is 5.69 Å². The van der Waals surface area contributed by atoms with Crippen LogP contribution in [0.15, 0.2) is 48.5 Å². The maximum absolute atomic E-state index is 5.71. The third kappa shape index (κ3) is 2.51. The Bertz CT molecular complexity index is 498. The van der Waals surface area contributed by atoms with Gasteiger partial charge in [0.25, 0.3) is 0 Å². The van der Waals surface area contributed by atoms with E-state index >= 15 is 0 Å². The summed E-state index contributed by atoms with van der Waals surface area (Å²) in [5.41, 5.74) is 10.1. The van der Waals surface area contributed by atoms with Gasteiger partial charge in [-0.05, 0) is 35.7 Å². The van der Waals surface area contributed by atoms with Crippen LogP contribution in [-0.4, -0.2) is 0 Å². The lowest BCUT2D eigenvalue weighted by Gasteiger charge is -2.01. The molecule has 0 spiro atoms. The molecule has 2 aromatic rings. The van der Waals surface area contributed by atoms with Crippen molar-refractivity contribution in [2.45, 2.75) is 6.92 Å². The van der Waals surface area contributed by atoms with E-state index in [1.165, 1.54) is 16.7 Å². The summed E-state index contributed by atoms with van der Waals surface area (Å²) in [6.45, 7) is 2.07. The molecule has 0 aliphatic carbocycles. The Morgan fingerprint density at radius 1 is 0.938 bits per heavy atom. The van der Waals surface area contributed by atoms with Gasteiger partial charge in [0.2, 0.25) is 0 Å². The summed E-state index contributed by atoms with van der Waals surface area (Å²) < 4.78 is 0. The summed E-state index contributed by atoms with van der Waals surface area (Å²) in [7, 11) is 0. The van der Waals surface area contributed by atoms with Crippen molar-refractivity contribution in [3.05, 3.63) is 65.2 Å². The Morgan fingerprint density at radius 3 is 2.38 bits per heavy atom. The van der Waals surface area contributed by atoms with Gasteiger partial charge in [0.15, 0.2) is 0 Å². The molecule has 1 nitrogen and oxygen atoms in total. The molecule has 0 aliphatic heterocycles. The minimum absolute atomic E-state index is 0.814. The second-order valence-electron chi connectivity index (χ2n) is 3.86. The lowest BCUT2D eigenvalue weighted by molar-refractivity contribution is 1.45. The first-order chi connectivity index (χ1) is 7.75. The van der Waals surface area contributed by atoms with E-state index in [1.807, 2.05) is 36.4 Å². The first-order valence-corrected chi connectivity index (χ1v) is 5.35. The van der Waals surface area contributed by atoms with E-state index in [0.717, 1.165) is 5.69 Å². The number of nitrogen functional groups attached to an aromatic ring is 1. The summed E-state index contributed by atoms with van der Waals surface area (Å²) in [5.74, 6) is 0. The van der Waals surface area contributed by atoms with Gasteiger partial charge in [0, 0.05) is 5.69 Å². The fourth-order valence-electron chi connectivity index (χ4n) is 1.64. The number of hydrogen-bond donors (Lipinski definition) is 1. The van der Waals surface area contributed by atoms with Crippen LogP contribution in [0.1, 0.15) is 16.7 Å². The van der Waals surface area contributed by atoms with Crippen molar-refractivity contribution in [2.24, 2.45) is 0 Å². The number of hydrogen-bond acceptors (Lipinski definition) is 1. The highest BCUT2D eigenvalue weighted by Crippen LogP contribution is 2.15. The number of anilines is 1. The predicted molar refractivity (Wildman–Crippen MR) is 71.0 cm³/mol. The van der Waals surface area contributed by atoms with Crippen LogP contribution in [0.3, 0.4) is 0 Å². The van der Waals surface area contributed by atoms with Crippen LogP contribution in [0.5, 0.6) is 0 Å². The highest BCUT2D eigenvalue weighted by Gasteiger charge is 1.94. The highest BCUT2D eigenvalue weighted by atomic mass is 14.5. The lowest BCUT2D eigenvalue weighted by Crippen LogP contribution is -1.87. The van der Waals surface area contributed by atoms with Crippen LogP contribution in [0.2, 0.25) is 0 Å². The molecule has 0 aliphatic rings. The van der Waals surface area contributed by atoms with Crippen LogP contribution in [0.25, 0.3) is 12.2 Å². The third-order valence-electron chi connectivity index (χ3n) is 2.55. The first kappa shape index (κ1) is 10.5. The van der Waals surface area contributed by atoms with E-state index in [0.29, 0.717) is 0 Å². The van der Waals surface area contributed by atoms with E-state index in [4.69, 9.17) is 5.73 Å². The van der Waals surface area contributed by atoms with Crippen LogP contribution >= 0.6 is 0 Å². The van der Waals surface area contributed by atoms with Crippen molar-refractivity contribution < 1.29 is 0 Å². The molecule has 0 heterocycles. The summed E-state index contributed by atoms with van der Waals surface area (Å²) in [5, 5.41) is 0. The largest absolute Gasteiger partial charge is 0.399 e. The zero-order valence-corrected chi connectivity index (χ0v) is 9.35. The molecule has 80 valence electrons. The molecule has 0 saturated carbocycles. The van der Waals surface area contributed by atoms with Crippen molar-refractivity contribution in [1.29, 1.82) is 0 Å². The van der Waals surface area contributed by atoms with Gasteiger partial charge >= 0.3 is 0 Å². The van der Waals surface area contributed by atoms with Gasteiger partial charge in [-0.2, -0.15) is 0 Å². The SMILES string of the molecule is Cc1cc(N)ccc1C=Cc1ccccc1. The maximum atomic E-state index is 5.71. The Labute approximate surface area is 96.2 Å². The second-order valence-corrected chi connectivity index (χ2v) is 3.86. The normalized spacial score (nSPS) is 10.8. The smallest absolute Gasteiger partial charge is 0.0317 e. The fraction of sp³-hybridized carbons (Fsp3) is 0.0667. The van der Waals surface area contributed by atoms with Gasteiger partial charge in [0.1, 0.15) is 0 Å². The minimum Gasteiger partial charge on any atom is -0.399 e. The number of benzene rings is 2. The maximum Gasteiger partial charge on any atom is 0.0317 e. The number of aryl methyl sites for hydroxylation is 1. The molecule has 0 amide bonds. The van der Waals surface area contributed by atoms with Crippen molar-refractivity contribution in [3.8, 4) is 0 Å². The summed E-state index contributed by atoms with van der Waals surface area (Å²) in [6, 6.07) is 16.2. The van der Waals surface area contributed by atoms with Gasteiger partial charge in [-0.25, -0.2) is 0 Å². The monoisotopic (exact) mass is 209 g/mol. The van der Waals surface area contributed by atoms with Gasteiger partial charge in [-0.3, -0.25) is 0 Å². The Kier molecular flexibility index (Phi) is 3.06. The molecule has 0 saturated heterocycles. The van der Waals surface area contributed by atoms with E-state index in [-0.39, 0.29) is 0 Å². The summed E-state index contributed by atoms with van der Waals surface area (Å²) in [6.07, 6.45) is 4.22. The first-order valence-electron chi connectivity index (χ1n) is 5.35. The molecule has 1 heteroatoms. The molecule has 0 bridgehead atoms. The molecule has 0 aromatic heterocycles. The predicted octanol–water partition coefficient (Wildman–Crippen LogP) is 3.75. The number of nitrogens with two attached hydrogens (primary N) is 1. The summed E-state index contributed by atoms with van der Waals surface area (Å²) >= 11 is 0. The van der Waals surface area contributed by atoms with Gasteiger partial charge in [-0.1, -0.05) is 48.6 Å². The van der Waals surface area contributed by atoms with E-state index in [9.17, 15) is 0 Å². The van der Waals surface area contributed by atoms with E-state index in [1.54, 1.807) is 0 Å². The molecular weight excluding hydrogens is 194 g/mol. The molecular formula is C15H15N. The average Bonchev–Trinajstić information content (AvgIpc) is 2.29. The molecule has 2 N–H and O–H groups in total. The summed E-state index contributed by atoms with van der Waals surface area (Å²) in [4.78, 5) is 0. The van der Waals surface area contributed by atoms with Crippen molar-refractivity contribution in [1.82, 2.24) is 0 Å². The quantitative estimate of drug-likeness (QED) is 0.591. The van der Waals surface area contributed by atoms with E-state index < -0.39 is 0 Å². The molecule has 0 fully saturated rings. The topological polar surface area (TPSA) is 26.0 Å². The van der Waals surface area contributed by atoms with Gasteiger partial charge < -0.3 is 5.73 Å². The standard InChI is InChI=1S/C15H15N/c1-12-11-15(16)10-9-14(12)8-7-13-5-3-2-4-6-13/h2-11H,16H2,1H3. The number of rotatable bonds is 2. The highest BCUT2D eigenvalue weighted by molar-refractivity contribution is 5.71. The van der Waals surface area contributed by atoms with E-state index in [2.05, 4.69) is 31.2 Å². The molecule has 16 heavy (non-hydrogen) atoms. The zero-order chi connectivity index (χ0) is 11.4. The molecule has 0 unspecified atom stereocenters. The Morgan fingerprint density at radius 2 is 1.69 bits per heavy atom.